The predicted octanol–water partition coefficient (Wildman–Crippen LogP) is 2.63. The van der Waals surface area contributed by atoms with Crippen LogP contribution in [0.1, 0.15) is 18.5 Å². The second-order valence-corrected chi connectivity index (χ2v) is 6.44. The van der Waals surface area contributed by atoms with Gasteiger partial charge in [-0.1, -0.05) is 42.5 Å². The summed E-state index contributed by atoms with van der Waals surface area (Å²) in [7, 11) is 4.01. The third-order valence-electron chi connectivity index (χ3n) is 4.38. The number of para-hydroxylation sites is 2. The maximum atomic E-state index is 12.6. The van der Waals surface area contributed by atoms with E-state index in [-0.39, 0.29) is 18.1 Å². The van der Waals surface area contributed by atoms with Crippen LogP contribution in [0.4, 0.5) is 0 Å². The molecule has 1 N–H and O–H groups in total. The van der Waals surface area contributed by atoms with Gasteiger partial charge in [-0.2, -0.15) is 0 Å². The van der Waals surface area contributed by atoms with Gasteiger partial charge in [-0.25, -0.2) is 0 Å². The lowest BCUT2D eigenvalue weighted by Gasteiger charge is -2.32. The van der Waals surface area contributed by atoms with Crippen molar-refractivity contribution in [3.63, 3.8) is 0 Å². The molecule has 0 fully saturated rings. The zero-order valence-electron chi connectivity index (χ0n) is 14.8. The Hall–Kier alpha value is -2.53. The highest BCUT2D eigenvalue weighted by Crippen LogP contribution is 2.33. The molecular weight excluding hydrogens is 316 g/mol. The molecule has 1 aliphatic heterocycles. The minimum Gasteiger partial charge on any atom is -0.482 e. The lowest BCUT2D eigenvalue weighted by molar-refractivity contribution is -0.133. The summed E-state index contributed by atoms with van der Waals surface area (Å²) in [5.74, 6) is 1.12. The van der Waals surface area contributed by atoms with Crippen molar-refractivity contribution in [2.75, 3.05) is 20.6 Å². The second kappa shape index (κ2) is 7.57. The van der Waals surface area contributed by atoms with Crippen LogP contribution in [0.3, 0.4) is 0 Å². The highest BCUT2D eigenvalue weighted by molar-refractivity contribution is 5.82. The van der Waals surface area contributed by atoms with Crippen LogP contribution in [-0.2, 0) is 4.79 Å². The summed E-state index contributed by atoms with van der Waals surface area (Å²) >= 11 is 0. The van der Waals surface area contributed by atoms with E-state index in [1.807, 2.05) is 63.5 Å². The van der Waals surface area contributed by atoms with E-state index in [9.17, 15) is 4.79 Å². The topological polar surface area (TPSA) is 50.8 Å². The van der Waals surface area contributed by atoms with Gasteiger partial charge in [0.2, 0.25) is 6.10 Å². The number of rotatable bonds is 5. The summed E-state index contributed by atoms with van der Waals surface area (Å²) in [5, 5.41) is 3.01. The molecule has 0 unspecified atom stereocenters. The van der Waals surface area contributed by atoms with Crippen molar-refractivity contribution in [2.24, 2.45) is 0 Å². The van der Waals surface area contributed by atoms with Gasteiger partial charge in [0.15, 0.2) is 11.5 Å². The molecule has 0 aromatic heterocycles. The number of amides is 1. The summed E-state index contributed by atoms with van der Waals surface area (Å²) in [6, 6.07) is 17.6. The van der Waals surface area contributed by atoms with Gasteiger partial charge in [0.25, 0.3) is 5.91 Å². The Labute approximate surface area is 148 Å². The van der Waals surface area contributed by atoms with Gasteiger partial charge >= 0.3 is 0 Å². The Morgan fingerprint density at radius 1 is 1.04 bits per heavy atom. The summed E-state index contributed by atoms with van der Waals surface area (Å²) < 4.78 is 11.7. The quantitative estimate of drug-likeness (QED) is 0.909. The normalized spacial score (nSPS) is 20.2. The van der Waals surface area contributed by atoms with Crippen molar-refractivity contribution >= 4 is 5.91 Å². The molecule has 1 amide bonds. The minimum atomic E-state index is -0.659. The van der Waals surface area contributed by atoms with Crippen LogP contribution < -0.4 is 14.8 Å². The Morgan fingerprint density at radius 3 is 2.28 bits per heavy atom. The molecule has 0 aliphatic carbocycles. The SMILES string of the molecule is C[C@@H]1Oc2ccccc2O[C@H]1C(=O)NC[C@@H](c1ccccc1)N(C)C. The summed E-state index contributed by atoms with van der Waals surface area (Å²) in [6.07, 6.45) is -1.00. The van der Waals surface area contributed by atoms with Gasteiger partial charge in [-0.05, 0) is 38.7 Å². The fourth-order valence-electron chi connectivity index (χ4n) is 2.98. The number of fused-ring (bicyclic) bond motifs is 1. The Balaban J connectivity index is 1.66. The molecule has 1 heterocycles. The van der Waals surface area contributed by atoms with Gasteiger partial charge in [-0.3, -0.25) is 4.79 Å². The Kier molecular flexibility index (Phi) is 5.24. The lowest BCUT2D eigenvalue weighted by atomic mass is 10.1. The Morgan fingerprint density at radius 2 is 1.64 bits per heavy atom. The van der Waals surface area contributed by atoms with Crippen LogP contribution in [0.15, 0.2) is 54.6 Å². The average Bonchev–Trinajstić information content (AvgIpc) is 2.61. The van der Waals surface area contributed by atoms with Crippen LogP contribution in [0, 0.1) is 0 Å². The number of likely N-dealkylation sites (N-methyl/N-ethyl adjacent to an activating group) is 1. The molecule has 5 nitrogen and oxygen atoms in total. The molecule has 2 aromatic carbocycles. The highest BCUT2D eigenvalue weighted by Gasteiger charge is 2.34. The summed E-state index contributed by atoms with van der Waals surface area (Å²) in [5.41, 5.74) is 1.16. The zero-order valence-corrected chi connectivity index (χ0v) is 14.8. The van der Waals surface area contributed by atoms with Crippen LogP contribution in [0.25, 0.3) is 0 Å². The van der Waals surface area contributed by atoms with E-state index in [2.05, 4.69) is 22.3 Å². The highest BCUT2D eigenvalue weighted by atomic mass is 16.6. The standard InChI is InChI=1S/C20H24N2O3/c1-14-19(25-18-12-8-7-11-17(18)24-14)20(23)21-13-16(22(2)3)15-9-5-4-6-10-15/h4-12,14,16,19H,13H2,1-3H3,(H,21,23)/t14-,16-,19+/m0/s1. The maximum absolute atomic E-state index is 12.6. The molecule has 0 spiro atoms. The van der Waals surface area contributed by atoms with E-state index in [4.69, 9.17) is 9.47 Å². The Bertz CT molecular complexity index is 718. The molecule has 5 heteroatoms. The number of hydrogen-bond acceptors (Lipinski definition) is 4. The van der Waals surface area contributed by atoms with Gasteiger partial charge in [0.1, 0.15) is 6.10 Å². The first kappa shape index (κ1) is 17.3. The van der Waals surface area contributed by atoms with Crippen molar-refractivity contribution in [1.82, 2.24) is 10.2 Å². The van der Waals surface area contributed by atoms with Gasteiger partial charge < -0.3 is 19.7 Å². The number of nitrogens with zero attached hydrogens (tertiary/aromatic N) is 1. The lowest BCUT2D eigenvalue weighted by Crippen LogP contribution is -2.50. The van der Waals surface area contributed by atoms with E-state index >= 15 is 0 Å². The van der Waals surface area contributed by atoms with Crippen molar-refractivity contribution < 1.29 is 14.3 Å². The fraction of sp³-hybridized carbons (Fsp3) is 0.350. The molecule has 3 atom stereocenters. The van der Waals surface area contributed by atoms with Crippen molar-refractivity contribution in [3.05, 3.63) is 60.2 Å². The number of nitrogens with one attached hydrogen (secondary N) is 1. The first-order chi connectivity index (χ1) is 12.1. The van der Waals surface area contributed by atoms with E-state index in [0.29, 0.717) is 18.0 Å². The number of carbonyl (C=O) groups is 1. The van der Waals surface area contributed by atoms with Crippen LogP contribution in [0.2, 0.25) is 0 Å². The molecule has 0 saturated heterocycles. The molecule has 132 valence electrons. The molecule has 25 heavy (non-hydrogen) atoms. The first-order valence-electron chi connectivity index (χ1n) is 8.47. The number of carbonyl (C=O) groups excluding carboxylic acids is 1. The van der Waals surface area contributed by atoms with Crippen LogP contribution >= 0.6 is 0 Å². The first-order valence-corrected chi connectivity index (χ1v) is 8.47. The van der Waals surface area contributed by atoms with Crippen LogP contribution in [-0.4, -0.2) is 43.7 Å². The molecule has 3 rings (SSSR count). The van der Waals surface area contributed by atoms with Gasteiger partial charge in [-0.15, -0.1) is 0 Å². The third kappa shape index (κ3) is 3.94. The average molecular weight is 340 g/mol. The molecule has 0 bridgehead atoms. The maximum Gasteiger partial charge on any atom is 0.265 e. The summed E-state index contributed by atoms with van der Waals surface area (Å²) in [4.78, 5) is 14.7. The van der Waals surface area contributed by atoms with Crippen molar-refractivity contribution in [3.8, 4) is 11.5 Å². The van der Waals surface area contributed by atoms with E-state index in [1.54, 1.807) is 0 Å². The molecule has 0 radical (unpaired) electrons. The third-order valence-corrected chi connectivity index (χ3v) is 4.38. The smallest absolute Gasteiger partial charge is 0.265 e. The van der Waals surface area contributed by atoms with E-state index in [1.165, 1.54) is 0 Å². The monoisotopic (exact) mass is 340 g/mol. The molecule has 2 aromatic rings. The van der Waals surface area contributed by atoms with Gasteiger partial charge in [0.05, 0.1) is 6.04 Å². The predicted molar refractivity (Wildman–Crippen MR) is 96.8 cm³/mol. The number of benzene rings is 2. The molecule has 1 aliphatic rings. The minimum absolute atomic E-state index is 0.0947. The van der Waals surface area contributed by atoms with Crippen LogP contribution in [0.5, 0.6) is 11.5 Å². The number of hydrogen-bond donors (Lipinski definition) is 1. The van der Waals surface area contributed by atoms with Gasteiger partial charge in [0, 0.05) is 6.54 Å². The second-order valence-electron chi connectivity index (χ2n) is 6.44. The van der Waals surface area contributed by atoms with E-state index in [0.717, 1.165) is 5.56 Å². The largest absolute Gasteiger partial charge is 0.482 e. The fourth-order valence-corrected chi connectivity index (χ4v) is 2.98. The van der Waals surface area contributed by atoms with Crippen molar-refractivity contribution in [1.29, 1.82) is 0 Å². The molecular formula is C20H24N2O3. The zero-order chi connectivity index (χ0) is 17.8. The van der Waals surface area contributed by atoms with E-state index < -0.39 is 6.10 Å². The molecule has 0 saturated carbocycles. The summed E-state index contributed by atoms with van der Waals surface area (Å²) in [6.45, 7) is 2.35. The van der Waals surface area contributed by atoms with Crippen molar-refractivity contribution in [2.45, 2.75) is 25.2 Å². The number of ether oxygens (including phenoxy) is 2.